The van der Waals surface area contributed by atoms with Crippen LogP contribution in [0.2, 0.25) is 0 Å². The molecule has 0 radical (unpaired) electrons. The number of nitrogens with zero attached hydrogens (tertiary/aromatic N) is 8. The molecule has 0 atom stereocenters. The van der Waals surface area contributed by atoms with E-state index in [1.165, 1.54) is 30.3 Å². The summed E-state index contributed by atoms with van der Waals surface area (Å²) >= 11 is 7.82. The van der Waals surface area contributed by atoms with Crippen molar-refractivity contribution in [2.75, 3.05) is 22.1 Å². The number of carbonyl (C=O) groups is 2. The zero-order chi connectivity index (χ0) is 77.4. The monoisotopic (exact) mass is 1550 g/mol. The molecule has 11 aromatic rings. The van der Waals surface area contributed by atoms with Crippen molar-refractivity contribution >= 4 is 74.1 Å². The van der Waals surface area contributed by atoms with E-state index in [0.717, 1.165) is 33.5 Å². The normalized spacial score (nSPS) is 10.8. The SMILES string of the molecule is CCn1nc(C(F)(F)F)cc1B(O)O.CCn1nc(C)cc1-c1ccc(N)cc1F.CCn1nc(C)cc1-c1ccc(NC(=O)c2c(F)cc(F)cc2F)cc1F.CCn1nc(C)cc1-c1ccc(NCc2c(F)cc(F)cc2F)cc1F.Nc1ccc(Br)c(F)c1.O=C(Cl)c1c(F)cc(F)cc1F. The summed E-state index contributed by atoms with van der Waals surface area (Å²) in [6.07, 6.45) is -4.57. The predicted octanol–water partition coefficient (Wildman–Crippen LogP) is 16.6. The van der Waals surface area contributed by atoms with Crippen LogP contribution in [0.25, 0.3) is 33.8 Å². The van der Waals surface area contributed by atoms with E-state index in [9.17, 15) is 79.8 Å². The van der Waals surface area contributed by atoms with Gasteiger partial charge in [-0.05, 0) is 173 Å². The number of nitrogen functional groups attached to an aromatic ring is 2. The van der Waals surface area contributed by atoms with Gasteiger partial charge in [0, 0.05) is 114 Å². The van der Waals surface area contributed by atoms with Crippen LogP contribution in [0.3, 0.4) is 0 Å². The molecule has 0 aliphatic carbocycles. The summed E-state index contributed by atoms with van der Waals surface area (Å²) < 4.78 is 216. The second kappa shape index (κ2) is 36.6. The summed E-state index contributed by atoms with van der Waals surface area (Å²) in [5.41, 5.74) is 14.1. The average molecular weight is 1550 g/mol. The highest BCUT2D eigenvalue weighted by Gasteiger charge is 2.36. The molecule has 104 heavy (non-hydrogen) atoms. The summed E-state index contributed by atoms with van der Waals surface area (Å²) in [6.45, 7) is 14.6. The maximum Gasteiger partial charge on any atom is 0.507 e. The second-order valence-electron chi connectivity index (χ2n) is 21.8. The Kier molecular flexibility index (Phi) is 29.1. The van der Waals surface area contributed by atoms with Gasteiger partial charge in [-0.15, -0.1) is 0 Å². The highest BCUT2D eigenvalue weighted by molar-refractivity contribution is 9.10. The molecule has 4 aromatic heterocycles. The zero-order valence-corrected chi connectivity index (χ0v) is 57.9. The molecule has 7 aromatic carbocycles. The summed E-state index contributed by atoms with van der Waals surface area (Å²) in [5, 5.41) is 37.2. The minimum Gasteiger partial charge on any atom is -0.422 e. The van der Waals surface area contributed by atoms with Crippen LogP contribution in [0.1, 0.15) is 76.8 Å². The summed E-state index contributed by atoms with van der Waals surface area (Å²) in [6, 6.07) is 26.3. The molecule has 8 N–H and O–H groups in total. The third kappa shape index (κ3) is 22.0. The number of aryl methyl sites for hydroxylation is 7. The molecule has 0 fully saturated rings. The largest absolute Gasteiger partial charge is 0.507 e. The molecule has 0 spiro atoms. The molecule has 11 rings (SSSR count). The Morgan fingerprint density at radius 2 is 0.837 bits per heavy atom. The Bertz CT molecular complexity index is 4790. The first-order valence-corrected chi connectivity index (χ1v) is 31.7. The van der Waals surface area contributed by atoms with Gasteiger partial charge in [-0.3, -0.25) is 28.3 Å². The van der Waals surface area contributed by atoms with Crippen LogP contribution in [-0.2, 0) is 38.9 Å². The van der Waals surface area contributed by atoms with Crippen LogP contribution in [-0.4, -0.2) is 67.4 Å². The van der Waals surface area contributed by atoms with Gasteiger partial charge in [0.2, 0.25) is 0 Å². The number of carbonyl (C=O) groups excluding carboxylic acids is 2. The van der Waals surface area contributed by atoms with E-state index in [4.69, 9.17) is 33.1 Å². The Hall–Kier alpha value is -10.4. The quantitative estimate of drug-likeness (QED) is 0.0260. The Morgan fingerprint density at radius 3 is 1.19 bits per heavy atom. The van der Waals surface area contributed by atoms with Crippen molar-refractivity contribution in [2.24, 2.45) is 0 Å². The predicted molar refractivity (Wildman–Crippen MR) is 364 cm³/mol. The lowest BCUT2D eigenvalue weighted by atomic mass is 9.86. The third-order valence-corrected chi connectivity index (χ3v) is 15.1. The molecular weight excluding hydrogens is 1490 g/mol. The van der Waals surface area contributed by atoms with E-state index < -0.39 is 105 Å². The minimum atomic E-state index is -4.57. The Balaban J connectivity index is 0.000000204. The van der Waals surface area contributed by atoms with Gasteiger partial charge in [-0.25, -0.2) is 57.1 Å². The number of hydrogen-bond acceptors (Lipinski definition) is 11. The van der Waals surface area contributed by atoms with Crippen molar-refractivity contribution in [3.8, 4) is 33.8 Å². The molecule has 16 nitrogen and oxygen atoms in total. The second-order valence-corrected chi connectivity index (χ2v) is 23.0. The van der Waals surface area contributed by atoms with Gasteiger partial charge in [-0.2, -0.15) is 33.6 Å². The van der Waals surface area contributed by atoms with Gasteiger partial charge in [0.1, 0.15) is 86.8 Å². The van der Waals surface area contributed by atoms with Gasteiger partial charge in [-0.1, -0.05) is 0 Å². The molecule has 0 bridgehead atoms. The number of aromatic nitrogens is 8. The van der Waals surface area contributed by atoms with Crippen LogP contribution >= 0.6 is 27.5 Å². The average Bonchev–Trinajstić information content (AvgIpc) is 1.54. The molecule has 4 heterocycles. The van der Waals surface area contributed by atoms with Crippen molar-refractivity contribution in [1.29, 1.82) is 0 Å². The lowest BCUT2D eigenvalue weighted by Crippen LogP contribution is -2.36. The number of amides is 1. The van der Waals surface area contributed by atoms with Gasteiger partial charge < -0.3 is 32.1 Å². The van der Waals surface area contributed by atoms with Crippen molar-refractivity contribution in [3.63, 3.8) is 0 Å². The molecule has 0 saturated heterocycles. The van der Waals surface area contributed by atoms with Crippen LogP contribution in [0, 0.1) is 96.4 Å². The van der Waals surface area contributed by atoms with Gasteiger partial charge in [0.15, 0.2) is 5.69 Å². The number of nitrogens with one attached hydrogen (secondary N) is 2. The fraction of sp³-hybridized carbons (Fsp3) is 0.188. The molecule has 0 aliphatic heterocycles. The smallest absolute Gasteiger partial charge is 0.422 e. The van der Waals surface area contributed by atoms with Crippen LogP contribution in [0.5, 0.6) is 0 Å². The first-order valence-electron chi connectivity index (χ1n) is 30.6. The van der Waals surface area contributed by atoms with Crippen LogP contribution in [0.4, 0.5) is 93.0 Å². The van der Waals surface area contributed by atoms with E-state index >= 15 is 0 Å². The molecule has 0 aliphatic rings. The highest BCUT2D eigenvalue weighted by atomic mass is 79.9. The Labute approximate surface area is 596 Å². The fourth-order valence-electron chi connectivity index (χ4n) is 9.54. The topological polar surface area (TPSA) is 222 Å². The van der Waals surface area contributed by atoms with Gasteiger partial charge >= 0.3 is 13.3 Å². The van der Waals surface area contributed by atoms with E-state index in [-0.39, 0.29) is 47.1 Å². The standard InChI is InChI=1S/C19H15F4N3O.C19H17F4N3.C12H14FN3.C7H2ClF3O.C6H8BF3N2O2.C6H5BrFN/c1-3-26-17(6-10(2)25-26)13-5-4-12(9-14(13)21)24-19(27)18-15(22)7-11(20)8-16(18)23;1-3-26-19(6-11(2)25-26)14-5-4-13(9-18(14)23)24-10-15-16(21)7-12(20)8-17(15)22;1-3-16-12(6-8(2)15-16)10-5-4-9(14)7-11(10)13;8-7(12)6-4(10)1-3(9)2-5(6)11;1-2-12-5(7(13)14)3-4(11-12)6(8,9)10;7-5-2-1-4(9)3-6(5)8/h4-9H,3H2,1-2H3,(H,24,27);4-9,24H,3,10H2,1-2H3;4-7H,3,14H2,1-2H3;1-2H;3,13-14H,2H2,1H3;1-3H,9H2. The summed E-state index contributed by atoms with van der Waals surface area (Å²) in [4.78, 5) is 22.4. The fourth-order valence-corrected chi connectivity index (χ4v) is 9.97. The number of anilines is 4. The summed E-state index contributed by atoms with van der Waals surface area (Å²) in [7, 11) is -1.95. The summed E-state index contributed by atoms with van der Waals surface area (Å²) in [5.74, 6) is -13.4. The maximum atomic E-state index is 14.5. The number of alkyl halides is 3. The lowest BCUT2D eigenvalue weighted by Gasteiger charge is -2.11. The number of hydrogen-bond donors (Lipinski definition) is 6. The van der Waals surface area contributed by atoms with E-state index in [1.54, 1.807) is 76.4 Å². The molecule has 1 amide bonds. The third-order valence-electron chi connectivity index (χ3n) is 14.2. The first kappa shape index (κ1) is 82.5. The van der Waals surface area contributed by atoms with E-state index in [2.05, 4.69) is 47.0 Å². The van der Waals surface area contributed by atoms with Crippen molar-refractivity contribution in [2.45, 2.75) is 87.4 Å². The van der Waals surface area contributed by atoms with Crippen molar-refractivity contribution < 1.29 is 89.9 Å². The maximum absolute atomic E-state index is 14.5. The molecule has 0 saturated carbocycles. The van der Waals surface area contributed by atoms with E-state index in [0.29, 0.717) is 106 Å². The zero-order valence-electron chi connectivity index (χ0n) is 55.6. The highest BCUT2D eigenvalue weighted by Crippen LogP contribution is 2.31. The van der Waals surface area contributed by atoms with Gasteiger partial charge in [0.05, 0.1) is 44.2 Å². The molecule has 0 unspecified atom stereocenters. The molecule has 35 heteroatoms. The van der Waals surface area contributed by atoms with Gasteiger partial charge in [0.25, 0.3) is 11.1 Å². The molecular formula is C69H61BBrClF16N12O4. The Morgan fingerprint density at radius 1 is 0.471 bits per heavy atom. The number of benzene rings is 7. The number of nitrogens with two attached hydrogens (primary N) is 2. The van der Waals surface area contributed by atoms with Crippen molar-refractivity contribution in [1.82, 2.24) is 39.1 Å². The lowest BCUT2D eigenvalue weighted by molar-refractivity contribution is -0.141. The number of rotatable bonds is 14. The minimum absolute atomic E-state index is 0.00339. The van der Waals surface area contributed by atoms with Crippen molar-refractivity contribution in [3.05, 3.63) is 253 Å². The number of halogens is 18. The van der Waals surface area contributed by atoms with Crippen LogP contribution < -0.4 is 27.7 Å². The molecule has 550 valence electrons. The van der Waals surface area contributed by atoms with E-state index in [1.807, 2.05) is 40.7 Å². The first-order chi connectivity index (χ1) is 48.9. The van der Waals surface area contributed by atoms with Crippen LogP contribution in [0.15, 0.2) is 138 Å².